The Hall–Kier alpha value is -2.75. The third-order valence-electron chi connectivity index (χ3n) is 4.61. The van der Waals surface area contributed by atoms with E-state index in [1.165, 1.54) is 11.3 Å². The van der Waals surface area contributed by atoms with Crippen LogP contribution in [0.4, 0.5) is 0 Å². The molecule has 9 heteroatoms. The average molecular weight is 444 g/mol. The Morgan fingerprint density at radius 3 is 2.73 bits per heavy atom. The molecule has 0 saturated heterocycles. The molecule has 0 radical (unpaired) electrons. The third kappa shape index (κ3) is 4.09. The summed E-state index contributed by atoms with van der Waals surface area (Å²) < 4.78 is 16.1. The van der Waals surface area contributed by atoms with Crippen molar-refractivity contribution in [3.63, 3.8) is 0 Å². The predicted octanol–water partition coefficient (Wildman–Crippen LogP) is 4.65. The van der Waals surface area contributed by atoms with E-state index in [0.717, 1.165) is 21.6 Å². The van der Waals surface area contributed by atoms with Gasteiger partial charge in [-0.25, -0.2) is 4.98 Å². The summed E-state index contributed by atoms with van der Waals surface area (Å²) in [6.07, 6.45) is 1.62. The standard InChI is InChI=1S/C21H21N3O4S2/c1-13-17-19(27-3)22-16(12-26-2)23-20(17)30-18(13)21(25)24(10-14-6-4-8-28-14)11-15-7-5-9-29-15/h4-9H,10-12H2,1-3H3. The number of ether oxygens (including phenoxy) is 2. The minimum Gasteiger partial charge on any atom is -0.480 e. The van der Waals surface area contributed by atoms with Crippen molar-refractivity contribution in [2.45, 2.75) is 26.6 Å². The fraction of sp³-hybridized carbons (Fsp3) is 0.286. The second kappa shape index (κ2) is 8.95. The van der Waals surface area contributed by atoms with Crippen LogP contribution in [-0.2, 0) is 24.4 Å². The number of furan rings is 1. The van der Waals surface area contributed by atoms with Crippen LogP contribution in [0, 0.1) is 6.92 Å². The summed E-state index contributed by atoms with van der Waals surface area (Å²) in [5.74, 6) is 1.64. The normalized spacial score (nSPS) is 11.2. The zero-order valence-electron chi connectivity index (χ0n) is 16.9. The van der Waals surface area contributed by atoms with E-state index in [9.17, 15) is 4.79 Å². The Morgan fingerprint density at radius 2 is 2.07 bits per heavy atom. The monoisotopic (exact) mass is 443 g/mol. The zero-order valence-corrected chi connectivity index (χ0v) is 18.5. The van der Waals surface area contributed by atoms with Crippen LogP contribution in [0.1, 0.15) is 31.7 Å². The van der Waals surface area contributed by atoms with Gasteiger partial charge < -0.3 is 18.8 Å². The first-order valence-corrected chi connectivity index (χ1v) is 11.0. The minimum atomic E-state index is -0.0735. The second-order valence-corrected chi connectivity index (χ2v) is 8.67. The molecule has 30 heavy (non-hydrogen) atoms. The van der Waals surface area contributed by atoms with Gasteiger partial charge >= 0.3 is 0 Å². The molecule has 0 spiro atoms. The minimum absolute atomic E-state index is 0.0735. The summed E-state index contributed by atoms with van der Waals surface area (Å²) in [5, 5.41) is 2.77. The number of carbonyl (C=O) groups excluding carboxylic acids is 1. The number of hydrogen-bond acceptors (Lipinski definition) is 8. The molecule has 0 bridgehead atoms. The van der Waals surface area contributed by atoms with Crippen molar-refractivity contribution in [3.05, 3.63) is 62.8 Å². The summed E-state index contributed by atoms with van der Waals surface area (Å²) >= 11 is 2.97. The van der Waals surface area contributed by atoms with E-state index in [4.69, 9.17) is 13.9 Å². The van der Waals surface area contributed by atoms with Crippen LogP contribution in [0.25, 0.3) is 10.2 Å². The van der Waals surface area contributed by atoms with Crippen LogP contribution < -0.4 is 4.74 Å². The summed E-state index contributed by atoms with van der Waals surface area (Å²) in [7, 11) is 3.16. The highest BCUT2D eigenvalue weighted by atomic mass is 32.1. The van der Waals surface area contributed by atoms with Crippen molar-refractivity contribution < 1.29 is 18.7 Å². The van der Waals surface area contributed by atoms with Gasteiger partial charge in [0.05, 0.1) is 36.7 Å². The number of carbonyl (C=O) groups is 1. The molecule has 4 heterocycles. The summed E-state index contributed by atoms with van der Waals surface area (Å²) in [6.45, 7) is 3.07. The topological polar surface area (TPSA) is 77.7 Å². The van der Waals surface area contributed by atoms with Crippen LogP contribution in [0.15, 0.2) is 40.3 Å². The SMILES string of the molecule is COCc1nc(OC)c2c(C)c(C(=O)N(Cc3ccco3)Cc3cccs3)sc2n1. The van der Waals surface area contributed by atoms with Crippen LogP contribution >= 0.6 is 22.7 Å². The van der Waals surface area contributed by atoms with Gasteiger partial charge in [0.15, 0.2) is 5.82 Å². The van der Waals surface area contributed by atoms with E-state index in [1.54, 1.807) is 36.7 Å². The van der Waals surface area contributed by atoms with Crippen LogP contribution in [0.3, 0.4) is 0 Å². The maximum absolute atomic E-state index is 13.6. The maximum atomic E-state index is 13.6. The fourth-order valence-corrected chi connectivity index (χ4v) is 5.09. The van der Waals surface area contributed by atoms with E-state index >= 15 is 0 Å². The number of methoxy groups -OCH3 is 2. The lowest BCUT2D eigenvalue weighted by Gasteiger charge is -2.21. The van der Waals surface area contributed by atoms with E-state index in [1.807, 2.05) is 36.6 Å². The highest BCUT2D eigenvalue weighted by molar-refractivity contribution is 7.20. The Morgan fingerprint density at radius 1 is 1.20 bits per heavy atom. The number of aromatic nitrogens is 2. The van der Waals surface area contributed by atoms with Gasteiger partial charge in [-0.15, -0.1) is 22.7 Å². The van der Waals surface area contributed by atoms with Crippen molar-refractivity contribution in [1.29, 1.82) is 0 Å². The molecule has 7 nitrogen and oxygen atoms in total. The first-order valence-electron chi connectivity index (χ1n) is 9.27. The van der Waals surface area contributed by atoms with E-state index < -0.39 is 0 Å². The van der Waals surface area contributed by atoms with Crippen molar-refractivity contribution in [3.8, 4) is 5.88 Å². The zero-order chi connectivity index (χ0) is 21.1. The molecule has 0 unspecified atom stereocenters. The van der Waals surface area contributed by atoms with Gasteiger partial charge in [-0.05, 0) is 36.1 Å². The van der Waals surface area contributed by atoms with Gasteiger partial charge in [-0.2, -0.15) is 4.98 Å². The first-order chi connectivity index (χ1) is 14.6. The Labute approximate surface area is 181 Å². The third-order valence-corrected chi connectivity index (χ3v) is 6.64. The quantitative estimate of drug-likeness (QED) is 0.394. The highest BCUT2D eigenvalue weighted by Crippen LogP contribution is 2.36. The van der Waals surface area contributed by atoms with Gasteiger partial charge in [0, 0.05) is 12.0 Å². The molecule has 0 atom stereocenters. The summed E-state index contributed by atoms with van der Waals surface area (Å²) in [5.41, 5.74) is 0.816. The van der Waals surface area contributed by atoms with Crippen molar-refractivity contribution >= 4 is 38.8 Å². The fourth-order valence-electron chi connectivity index (χ4n) is 3.21. The Balaban J connectivity index is 1.73. The summed E-state index contributed by atoms with van der Waals surface area (Å²) in [6, 6.07) is 7.71. The van der Waals surface area contributed by atoms with Crippen LogP contribution in [0.5, 0.6) is 5.88 Å². The predicted molar refractivity (Wildman–Crippen MR) is 116 cm³/mol. The number of fused-ring (bicyclic) bond motifs is 1. The lowest BCUT2D eigenvalue weighted by molar-refractivity contribution is 0.0724. The number of rotatable bonds is 8. The average Bonchev–Trinajstić information content (AvgIpc) is 3.49. The number of aryl methyl sites for hydroxylation is 1. The van der Waals surface area contributed by atoms with Crippen molar-refractivity contribution in [2.75, 3.05) is 14.2 Å². The molecule has 0 aliphatic rings. The van der Waals surface area contributed by atoms with Gasteiger partial charge in [0.2, 0.25) is 5.88 Å². The molecular weight excluding hydrogens is 422 g/mol. The molecule has 0 aromatic carbocycles. The van der Waals surface area contributed by atoms with Gasteiger partial charge in [-0.1, -0.05) is 6.07 Å². The molecule has 0 fully saturated rings. The number of amides is 1. The molecule has 156 valence electrons. The maximum Gasteiger partial charge on any atom is 0.265 e. The molecule has 4 aromatic rings. The van der Waals surface area contributed by atoms with Gasteiger partial charge in [0.25, 0.3) is 5.91 Å². The molecule has 4 rings (SSSR count). The smallest absolute Gasteiger partial charge is 0.265 e. The lowest BCUT2D eigenvalue weighted by atomic mass is 10.2. The molecule has 0 aliphatic heterocycles. The Kier molecular flexibility index (Phi) is 6.12. The number of hydrogen-bond donors (Lipinski definition) is 0. The van der Waals surface area contributed by atoms with Crippen molar-refractivity contribution in [1.82, 2.24) is 14.9 Å². The van der Waals surface area contributed by atoms with Crippen molar-refractivity contribution in [2.24, 2.45) is 0 Å². The molecule has 0 N–H and O–H groups in total. The van der Waals surface area contributed by atoms with Gasteiger partial charge in [-0.3, -0.25) is 4.79 Å². The Bertz CT molecular complexity index is 1100. The number of thiophene rings is 2. The molecule has 4 aromatic heterocycles. The van der Waals surface area contributed by atoms with E-state index in [0.29, 0.717) is 34.5 Å². The van der Waals surface area contributed by atoms with E-state index in [-0.39, 0.29) is 12.5 Å². The first kappa shape index (κ1) is 20.5. The molecule has 0 aliphatic carbocycles. The molecular formula is C21H21N3O4S2. The highest BCUT2D eigenvalue weighted by Gasteiger charge is 2.26. The van der Waals surface area contributed by atoms with Crippen LogP contribution in [-0.4, -0.2) is 35.0 Å². The van der Waals surface area contributed by atoms with E-state index in [2.05, 4.69) is 9.97 Å². The largest absolute Gasteiger partial charge is 0.480 e. The second-order valence-electron chi connectivity index (χ2n) is 6.64. The summed E-state index contributed by atoms with van der Waals surface area (Å²) in [4.78, 5) is 26.8. The van der Waals surface area contributed by atoms with Crippen LogP contribution in [0.2, 0.25) is 0 Å². The lowest BCUT2D eigenvalue weighted by Crippen LogP contribution is -2.29. The molecule has 1 amide bonds. The number of nitrogens with zero attached hydrogens (tertiary/aromatic N) is 3. The molecule has 0 saturated carbocycles. The van der Waals surface area contributed by atoms with Gasteiger partial charge in [0.1, 0.15) is 17.2 Å².